The molecule has 0 atom stereocenters. The third kappa shape index (κ3) is 3.28. The van der Waals surface area contributed by atoms with Gasteiger partial charge in [-0.2, -0.15) is 4.31 Å². The Hall–Kier alpha value is -0.910. The monoisotopic (exact) mass is 256 g/mol. The van der Waals surface area contributed by atoms with Gasteiger partial charge in [0.05, 0.1) is 4.90 Å². The Labute approximate surface area is 104 Å². The Morgan fingerprint density at radius 2 is 1.94 bits per heavy atom. The van der Waals surface area contributed by atoms with Gasteiger partial charge in [-0.1, -0.05) is 17.7 Å². The molecule has 1 N–H and O–H groups in total. The Morgan fingerprint density at radius 1 is 1.29 bits per heavy atom. The lowest BCUT2D eigenvalue weighted by molar-refractivity contribution is 0.465. The zero-order valence-electron chi connectivity index (χ0n) is 10.8. The summed E-state index contributed by atoms with van der Waals surface area (Å²) in [4.78, 5) is 0.390. The number of nitrogens with zero attached hydrogens (tertiary/aromatic N) is 1. The van der Waals surface area contributed by atoms with Gasteiger partial charge in [-0.25, -0.2) is 8.42 Å². The summed E-state index contributed by atoms with van der Waals surface area (Å²) in [5.41, 5.74) is 1.86. The standard InChI is InChI=1S/C12H20N2O2S/c1-10-5-6-12(11(2)9-10)17(15,16)14(4)8-7-13-3/h5-6,9,13H,7-8H2,1-4H3. The molecule has 1 aromatic carbocycles. The number of benzene rings is 1. The van der Waals surface area contributed by atoms with Crippen LogP contribution in [-0.2, 0) is 10.0 Å². The van der Waals surface area contributed by atoms with Crippen molar-refractivity contribution >= 4 is 10.0 Å². The van der Waals surface area contributed by atoms with Crippen molar-refractivity contribution in [2.75, 3.05) is 27.2 Å². The van der Waals surface area contributed by atoms with E-state index in [1.807, 2.05) is 26.0 Å². The summed E-state index contributed by atoms with van der Waals surface area (Å²) in [6.07, 6.45) is 0. The van der Waals surface area contributed by atoms with Crippen LogP contribution in [0.2, 0.25) is 0 Å². The van der Waals surface area contributed by atoms with Gasteiger partial charge in [0.15, 0.2) is 0 Å². The molecule has 0 bridgehead atoms. The molecule has 0 fully saturated rings. The molecule has 0 spiro atoms. The van der Waals surface area contributed by atoms with Crippen LogP contribution in [0.25, 0.3) is 0 Å². The second-order valence-electron chi connectivity index (χ2n) is 4.20. The number of sulfonamides is 1. The number of likely N-dealkylation sites (N-methyl/N-ethyl adjacent to an activating group) is 2. The van der Waals surface area contributed by atoms with Gasteiger partial charge in [0, 0.05) is 20.1 Å². The molecule has 17 heavy (non-hydrogen) atoms. The lowest BCUT2D eigenvalue weighted by atomic mass is 10.2. The quantitative estimate of drug-likeness (QED) is 0.859. The van der Waals surface area contributed by atoms with Crippen LogP contribution in [0.1, 0.15) is 11.1 Å². The average Bonchev–Trinajstić information content (AvgIpc) is 2.25. The second-order valence-corrected chi connectivity index (χ2v) is 6.21. The minimum atomic E-state index is -3.37. The summed E-state index contributed by atoms with van der Waals surface area (Å²) in [7, 11) is 0.0410. The fraction of sp³-hybridized carbons (Fsp3) is 0.500. The molecule has 0 unspecified atom stereocenters. The summed E-state index contributed by atoms with van der Waals surface area (Å²) in [5.74, 6) is 0. The summed E-state index contributed by atoms with van der Waals surface area (Å²) < 4.78 is 25.9. The minimum Gasteiger partial charge on any atom is -0.318 e. The van der Waals surface area contributed by atoms with Gasteiger partial charge in [-0.15, -0.1) is 0 Å². The third-order valence-corrected chi connectivity index (χ3v) is 4.71. The van der Waals surface area contributed by atoms with Crippen molar-refractivity contribution in [3.8, 4) is 0 Å². The van der Waals surface area contributed by atoms with Crippen LogP contribution in [0.5, 0.6) is 0 Å². The molecule has 5 heteroatoms. The van der Waals surface area contributed by atoms with E-state index in [1.165, 1.54) is 4.31 Å². The number of hydrogen-bond donors (Lipinski definition) is 1. The molecule has 0 heterocycles. The van der Waals surface area contributed by atoms with Crippen LogP contribution >= 0.6 is 0 Å². The molecule has 0 aliphatic carbocycles. The first-order chi connectivity index (χ1) is 7.89. The highest BCUT2D eigenvalue weighted by molar-refractivity contribution is 7.89. The van der Waals surface area contributed by atoms with E-state index in [4.69, 9.17) is 0 Å². The first-order valence-corrected chi connectivity index (χ1v) is 7.02. The molecule has 1 rings (SSSR count). The minimum absolute atomic E-state index is 0.390. The topological polar surface area (TPSA) is 49.4 Å². The fourth-order valence-corrected chi connectivity index (χ4v) is 3.02. The molecule has 96 valence electrons. The highest BCUT2D eigenvalue weighted by Gasteiger charge is 2.21. The molecule has 0 saturated heterocycles. The Balaban J connectivity index is 3.04. The Kier molecular flexibility index (Phi) is 4.68. The SMILES string of the molecule is CNCCN(C)S(=O)(=O)c1ccc(C)cc1C. The van der Waals surface area contributed by atoms with Crippen LogP contribution < -0.4 is 5.32 Å². The van der Waals surface area contributed by atoms with Crippen molar-refractivity contribution in [3.63, 3.8) is 0 Å². The molecule has 0 radical (unpaired) electrons. The summed E-state index contributed by atoms with van der Waals surface area (Å²) >= 11 is 0. The Bertz CT molecular complexity index is 483. The van der Waals surface area contributed by atoms with Gasteiger partial charge in [0.2, 0.25) is 10.0 Å². The zero-order chi connectivity index (χ0) is 13.1. The van der Waals surface area contributed by atoms with Gasteiger partial charge < -0.3 is 5.32 Å². The smallest absolute Gasteiger partial charge is 0.243 e. The van der Waals surface area contributed by atoms with Gasteiger partial charge in [-0.3, -0.25) is 0 Å². The summed E-state index contributed by atoms with van der Waals surface area (Å²) in [5, 5.41) is 2.94. The number of nitrogens with one attached hydrogen (secondary N) is 1. The maximum atomic E-state index is 12.3. The van der Waals surface area contributed by atoms with Gasteiger partial charge in [-0.05, 0) is 32.5 Å². The molecule has 4 nitrogen and oxygen atoms in total. The number of aryl methyl sites for hydroxylation is 2. The molecule has 1 aromatic rings. The van der Waals surface area contributed by atoms with Gasteiger partial charge in [0.25, 0.3) is 0 Å². The van der Waals surface area contributed by atoms with E-state index >= 15 is 0 Å². The van der Waals surface area contributed by atoms with Crippen molar-refractivity contribution in [2.45, 2.75) is 18.7 Å². The highest BCUT2D eigenvalue weighted by Crippen LogP contribution is 2.19. The van der Waals surface area contributed by atoms with E-state index in [-0.39, 0.29) is 0 Å². The average molecular weight is 256 g/mol. The molecule has 0 aliphatic rings. The van der Waals surface area contributed by atoms with Crippen molar-refractivity contribution in [2.24, 2.45) is 0 Å². The van der Waals surface area contributed by atoms with Crippen LogP contribution in [0.15, 0.2) is 23.1 Å². The molecular weight excluding hydrogens is 236 g/mol. The Morgan fingerprint density at radius 3 is 2.47 bits per heavy atom. The normalized spacial score (nSPS) is 12.1. The van der Waals surface area contributed by atoms with E-state index in [9.17, 15) is 8.42 Å². The van der Waals surface area contributed by atoms with Crippen molar-refractivity contribution in [3.05, 3.63) is 29.3 Å². The van der Waals surface area contributed by atoms with E-state index in [0.29, 0.717) is 18.0 Å². The fourth-order valence-electron chi connectivity index (χ4n) is 1.65. The van der Waals surface area contributed by atoms with Crippen LogP contribution in [0.3, 0.4) is 0 Å². The zero-order valence-corrected chi connectivity index (χ0v) is 11.6. The summed E-state index contributed by atoms with van der Waals surface area (Å²) in [6, 6.07) is 5.39. The number of rotatable bonds is 5. The largest absolute Gasteiger partial charge is 0.318 e. The highest BCUT2D eigenvalue weighted by atomic mass is 32.2. The predicted octanol–water partition coefficient (Wildman–Crippen LogP) is 1.14. The molecule has 0 aliphatic heterocycles. The molecular formula is C12H20N2O2S. The van der Waals surface area contributed by atoms with Crippen LogP contribution in [-0.4, -0.2) is 39.9 Å². The lowest BCUT2D eigenvalue weighted by Gasteiger charge is -2.18. The molecule has 0 aromatic heterocycles. The molecule has 0 saturated carbocycles. The van der Waals surface area contributed by atoms with E-state index in [0.717, 1.165) is 11.1 Å². The van der Waals surface area contributed by atoms with Crippen molar-refractivity contribution < 1.29 is 8.42 Å². The van der Waals surface area contributed by atoms with Crippen LogP contribution in [0.4, 0.5) is 0 Å². The van der Waals surface area contributed by atoms with E-state index in [2.05, 4.69) is 5.32 Å². The number of hydrogen-bond acceptors (Lipinski definition) is 3. The van der Waals surface area contributed by atoms with E-state index < -0.39 is 10.0 Å². The van der Waals surface area contributed by atoms with Gasteiger partial charge in [0.1, 0.15) is 0 Å². The maximum absolute atomic E-state index is 12.3. The summed E-state index contributed by atoms with van der Waals surface area (Å²) in [6.45, 7) is 4.88. The second kappa shape index (κ2) is 5.62. The van der Waals surface area contributed by atoms with Crippen molar-refractivity contribution in [1.29, 1.82) is 0 Å². The third-order valence-electron chi connectivity index (χ3n) is 2.70. The maximum Gasteiger partial charge on any atom is 0.243 e. The van der Waals surface area contributed by atoms with E-state index in [1.54, 1.807) is 20.2 Å². The molecule has 0 amide bonds. The first-order valence-electron chi connectivity index (χ1n) is 5.58. The van der Waals surface area contributed by atoms with Gasteiger partial charge >= 0.3 is 0 Å². The van der Waals surface area contributed by atoms with Crippen molar-refractivity contribution in [1.82, 2.24) is 9.62 Å². The first kappa shape index (κ1) is 14.2. The van der Waals surface area contributed by atoms with Crippen LogP contribution in [0, 0.1) is 13.8 Å². The lowest BCUT2D eigenvalue weighted by Crippen LogP contribution is -2.33. The predicted molar refractivity (Wildman–Crippen MR) is 69.7 cm³/mol.